The Labute approximate surface area is 138 Å². The van der Waals surface area contributed by atoms with Gasteiger partial charge in [0.25, 0.3) is 5.91 Å². The van der Waals surface area contributed by atoms with E-state index in [0.29, 0.717) is 0 Å². The topological polar surface area (TPSA) is 53.5 Å². The second-order valence-electron chi connectivity index (χ2n) is 4.68. The van der Waals surface area contributed by atoms with Crippen molar-refractivity contribution in [1.82, 2.24) is 5.43 Å². The number of hydrazone groups is 1. The van der Waals surface area contributed by atoms with Crippen molar-refractivity contribution in [1.29, 1.82) is 0 Å². The average Bonchev–Trinajstić information content (AvgIpc) is 2.54. The van der Waals surface area contributed by atoms with E-state index in [-0.39, 0.29) is 12.5 Å². The number of hydrogen-bond donors (Lipinski definition) is 2. The maximum absolute atomic E-state index is 11.9. The van der Waals surface area contributed by atoms with Gasteiger partial charge in [-0.3, -0.25) is 4.79 Å². The molecule has 0 spiro atoms. The summed E-state index contributed by atoms with van der Waals surface area (Å²) in [6.45, 7) is 2.18. The van der Waals surface area contributed by atoms with E-state index in [9.17, 15) is 4.79 Å². The number of carbonyl (C=O) groups excluding carboxylic acids is 1. The zero-order valence-corrected chi connectivity index (χ0v) is 13.9. The molecule has 0 aliphatic heterocycles. The molecule has 0 unspecified atom stereocenters. The number of nitrogens with zero attached hydrogens (tertiary/aromatic N) is 1. The fourth-order valence-corrected chi connectivity index (χ4v) is 2.33. The Bertz CT molecular complexity index is 656. The van der Waals surface area contributed by atoms with Gasteiger partial charge < -0.3 is 5.32 Å². The van der Waals surface area contributed by atoms with Crippen molar-refractivity contribution < 1.29 is 4.79 Å². The van der Waals surface area contributed by atoms with E-state index < -0.39 is 0 Å². The van der Waals surface area contributed by atoms with Crippen molar-refractivity contribution in [2.75, 3.05) is 11.9 Å². The highest BCUT2D eigenvalue weighted by atomic mass is 79.9. The predicted molar refractivity (Wildman–Crippen MR) is 94.0 cm³/mol. The summed E-state index contributed by atoms with van der Waals surface area (Å²) in [5.41, 5.74) is 5.35. The molecule has 0 radical (unpaired) electrons. The molecular weight excluding hydrogens is 342 g/mol. The van der Waals surface area contributed by atoms with Gasteiger partial charge in [0.1, 0.15) is 0 Å². The number of amides is 1. The van der Waals surface area contributed by atoms with Crippen LogP contribution in [0.2, 0.25) is 0 Å². The Morgan fingerprint density at radius 1 is 1.14 bits per heavy atom. The molecule has 2 aromatic rings. The molecule has 0 bridgehead atoms. The molecule has 5 heteroatoms. The van der Waals surface area contributed by atoms with Crippen LogP contribution in [0.1, 0.15) is 18.9 Å². The van der Waals surface area contributed by atoms with Crippen LogP contribution in [0.5, 0.6) is 0 Å². The van der Waals surface area contributed by atoms with Gasteiger partial charge in [0, 0.05) is 10.2 Å². The lowest BCUT2D eigenvalue weighted by Gasteiger charge is -2.07. The van der Waals surface area contributed by atoms with Gasteiger partial charge in [-0.2, -0.15) is 5.10 Å². The third-order valence-electron chi connectivity index (χ3n) is 3.04. The molecule has 114 valence electrons. The molecule has 1 amide bonds. The number of benzene rings is 2. The summed E-state index contributed by atoms with van der Waals surface area (Å²) in [4.78, 5) is 11.9. The predicted octanol–water partition coefficient (Wildman–Crippen LogP) is 3.79. The first kappa shape index (κ1) is 16.2. The maximum Gasteiger partial charge on any atom is 0.259 e. The molecule has 0 saturated carbocycles. The molecule has 0 atom stereocenters. The standard InChI is InChI=1S/C17H18BrN3O/c1-2-16(13-7-4-3-5-8-13)20-21-17(22)12-19-15-10-6-9-14(18)11-15/h3-11,19H,2,12H2,1H3,(H,21,22). The highest BCUT2D eigenvalue weighted by Crippen LogP contribution is 2.15. The van der Waals surface area contributed by atoms with Gasteiger partial charge in [0.15, 0.2) is 0 Å². The number of halogens is 1. The Morgan fingerprint density at radius 3 is 2.59 bits per heavy atom. The summed E-state index contributed by atoms with van der Waals surface area (Å²) in [5, 5.41) is 7.27. The molecule has 0 heterocycles. The van der Waals surface area contributed by atoms with E-state index >= 15 is 0 Å². The zero-order valence-electron chi connectivity index (χ0n) is 12.3. The van der Waals surface area contributed by atoms with Crippen LogP contribution in [-0.2, 0) is 4.79 Å². The molecular formula is C17H18BrN3O. The van der Waals surface area contributed by atoms with E-state index in [0.717, 1.165) is 27.9 Å². The third-order valence-corrected chi connectivity index (χ3v) is 3.53. The summed E-state index contributed by atoms with van der Waals surface area (Å²) in [6.07, 6.45) is 0.753. The number of anilines is 1. The minimum Gasteiger partial charge on any atom is -0.376 e. The number of hydrogen-bond acceptors (Lipinski definition) is 3. The number of carbonyl (C=O) groups is 1. The van der Waals surface area contributed by atoms with Crippen LogP contribution < -0.4 is 10.7 Å². The second-order valence-corrected chi connectivity index (χ2v) is 5.59. The molecule has 0 aromatic heterocycles. The molecule has 4 nitrogen and oxygen atoms in total. The lowest BCUT2D eigenvalue weighted by molar-refractivity contribution is -0.119. The highest BCUT2D eigenvalue weighted by molar-refractivity contribution is 9.10. The van der Waals surface area contributed by atoms with Crippen molar-refractivity contribution in [2.45, 2.75) is 13.3 Å². The molecule has 0 aliphatic carbocycles. The van der Waals surface area contributed by atoms with Crippen LogP contribution in [0.25, 0.3) is 0 Å². The third kappa shape index (κ3) is 5.00. The molecule has 2 N–H and O–H groups in total. The first-order chi connectivity index (χ1) is 10.7. The van der Waals surface area contributed by atoms with Gasteiger partial charge in [0.2, 0.25) is 0 Å². The molecule has 2 rings (SSSR count). The smallest absolute Gasteiger partial charge is 0.259 e. The number of nitrogens with one attached hydrogen (secondary N) is 2. The Kier molecular flexibility index (Phi) is 6.15. The van der Waals surface area contributed by atoms with Crippen molar-refractivity contribution in [3.05, 3.63) is 64.6 Å². The van der Waals surface area contributed by atoms with Gasteiger partial charge in [0.05, 0.1) is 12.3 Å². The molecule has 22 heavy (non-hydrogen) atoms. The molecule has 0 fully saturated rings. The molecule has 0 saturated heterocycles. The summed E-state index contributed by atoms with van der Waals surface area (Å²) < 4.78 is 0.966. The van der Waals surface area contributed by atoms with Crippen molar-refractivity contribution >= 4 is 33.2 Å². The molecule has 0 aliphatic rings. The monoisotopic (exact) mass is 359 g/mol. The van der Waals surface area contributed by atoms with Crippen molar-refractivity contribution in [2.24, 2.45) is 5.10 Å². The van der Waals surface area contributed by atoms with Crippen LogP contribution >= 0.6 is 15.9 Å². The van der Waals surface area contributed by atoms with E-state index in [1.54, 1.807) is 0 Å². The fraction of sp³-hybridized carbons (Fsp3) is 0.176. The van der Waals surface area contributed by atoms with Gasteiger partial charge in [-0.1, -0.05) is 59.3 Å². The SMILES string of the molecule is CCC(=NNC(=O)CNc1cccc(Br)c1)c1ccccc1. The Hall–Kier alpha value is -2.14. The van der Waals surface area contributed by atoms with Gasteiger partial charge in [-0.05, 0) is 30.2 Å². The Balaban J connectivity index is 1.90. The quantitative estimate of drug-likeness (QED) is 0.608. The summed E-state index contributed by atoms with van der Waals surface area (Å²) in [5.74, 6) is -0.179. The fourth-order valence-electron chi connectivity index (χ4n) is 1.93. The normalized spacial score (nSPS) is 11.1. The van der Waals surface area contributed by atoms with E-state index in [1.165, 1.54) is 0 Å². The van der Waals surface area contributed by atoms with E-state index in [2.05, 4.69) is 31.8 Å². The van der Waals surface area contributed by atoms with Crippen LogP contribution in [0, 0.1) is 0 Å². The highest BCUT2D eigenvalue weighted by Gasteiger charge is 2.03. The van der Waals surface area contributed by atoms with Crippen LogP contribution in [0.15, 0.2) is 64.2 Å². The lowest BCUT2D eigenvalue weighted by Crippen LogP contribution is -2.27. The maximum atomic E-state index is 11.9. The van der Waals surface area contributed by atoms with Crippen molar-refractivity contribution in [3.8, 4) is 0 Å². The minimum absolute atomic E-state index is 0.172. The first-order valence-electron chi connectivity index (χ1n) is 7.09. The van der Waals surface area contributed by atoms with Crippen LogP contribution in [0.4, 0.5) is 5.69 Å². The van der Waals surface area contributed by atoms with Gasteiger partial charge >= 0.3 is 0 Å². The van der Waals surface area contributed by atoms with Gasteiger partial charge in [-0.15, -0.1) is 0 Å². The minimum atomic E-state index is -0.179. The number of rotatable bonds is 6. The van der Waals surface area contributed by atoms with Crippen molar-refractivity contribution in [3.63, 3.8) is 0 Å². The molecule has 2 aromatic carbocycles. The van der Waals surface area contributed by atoms with E-state index in [1.807, 2.05) is 61.5 Å². The second kappa shape index (κ2) is 8.34. The van der Waals surface area contributed by atoms with E-state index in [4.69, 9.17) is 0 Å². The average molecular weight is 360 g/mol. The summed E-state index contributed by atoms with van der Waals surface area (Å²) in [7, 11) is 0. The van der Waals surface area contributed by atoms with Gasteiger partial charge in [-0.25, -0.2) is 5.43 Å². The van der Waals surface area contributed by atoms with Crippen LogP contribution in [0.3, 0.4) is 0 Å². The zero-order chi connectivity index (χ0) is 15.8. The largest absolute Gasteiger partial charge is 0.376 e. The summed E-state index contributed by atoms with van der Waals surface area (Å²) in [6, 6.07) is 17.5. The van der Waals surface area contributed by atoms with Crippen LogP contribution in [-0.4, -0.2) is 18.2 Å². The summed E-state index contributed by atoms with van der Waals surface area (Å²) >= 11 is 3.39. The Morgan fingerprint density at radius 2 is 1.91 bits per heavy atom. The lowest BCUT2D eigenvalue weighted by atomic mass is 10.1. The first-order valence-corrected chi connectivity index (χ1v) is 7.88.